The SMILES string of the molecule is CCCn1nnc2cc(F)ccc21. The van der Waals surface area contributed by atoms with Crippen LogP contribution in [0, 0.1) is 5.82 Å². The van der Waals surface area contributed by atoms with Crippen LogP contribution in [0.25, 0.3) is 11.0 Å². The summed E-state index contributed by atoms with van der Waals surface area (Å²) in [6.07, 6.45) is 0.996. The zero-order valence-corrected chi connectivity index (χ0v) is 7.37. The molecule has 0 aliphatic heterocycles. The number of rotatable bonds is 2. The Hall–Kier alpha value is -1.45. The Labute approximate surface area is 75.2 Å². The maximum Gasteiger partial charge on any atom is 0.125 e. The first-order chi connectivity index (χ1) is 6.31. The maximum absolute atomic E-state index is 12.8. The normalized spacial score (nSPS) is 10.9. The Kier molecular flexibility index (Phi) is 1.96. The largest absolute Gasteiger partial charge is 0.245 e. The van der Waals surface area contributed by atoms with E-state index < -0.39 is 0 Å². The van der Waals surface area contributed by atoms with E-state index in [4.69, 9.17) is 0 Å². The molecule has 1 aromatic heterocycles. The van der Waals surface area contributed by atoms with Gasteiger partial charge in [-0.15, -0.1) is 5.10 Å². The van der Waals surface area contributed by atoms with Gasteiger partial charge >= 0.3 is 0 Å². The Balaban J connectivity index is 2.55. The van der Waals surface area contributed by atoms with Crippen molar-refractivity contribution < 1.29 is 4.39 Å². The molecule has 3 nitrogen and oxygen atoms in total. The fraction of sp³-hybridized carbons (Fsp3) is 0.333. The van der Waals surface area contributed by atoms with E-state index in [0.717, 1.165) is 18.5 Å². The van der Waals surface area contributed by atoms with Crippen LogP contribution in [0.4, 0.5) is 4.39 Å². The molecule has 0 bridgehead atoms. The Morgan fingerprint density at radius 2 is 2.31 bits per heavy atom. The summed E-state index contributed by atoms with van der Waals surface area (Å²) >= 11 is 0. The molecule has 0 unspecified atom stereocenters. The molecule has 0 aliphatic carbocycles. The van der Waals surface area contributed by atoms with Crippen LogP contribution in [0.15, 0.2) is 18.2 Å². The van der Waals surface area contributed by atoms with Crippen molar-refractivity contribution in [1.82, 2.24) is 15.0 Å². The van der Waals surface area contributed by atoms with Crippen LogP contribution in [0.1, 0.15) is 13.3 Å². The topological polar surface area (TPSA) is 30.7 Å². The number of aryl methyl sites for hydroxylation is 1. The van der Waals surface area contributed by atoms with Crippen LogP contribution in [-0.4, -0.2) is 15.0 Å². The lowest BCUT2D eigenvalue weighted by Crippen LogP contribution is -1.98. The smallest absolute Gasteiger partial charge is 0.125 e. The average Bonchev–Trinajstić information content (AvgIpc) is 2.49. The van der Waals surface area contributed by atoms with Gasteiger partial charge in [-0.2, -0.15) is 0 Å². The molecule has 0 spiro atoms. The van der Waals surface area contributed by atoms with E-state index >= 15 is 0 Å². The quantitative estimate of drug-likeness (QED) is 0.705. The first-order valence-electron chi connectivity index (χ1n) is 4.30. The van der Waals surface area contributed by atoms with Gasteiger partial charge in [0.2, 0.25) is 0 Å². The molecular weight excluding hydrogens is 169 g/mol. The third kappa shape index (κ3) is 1.39. The number of nitrogens with zero attached hydrogens (tertiary/aromatic N) is 3. The van der Waals surface area contributed by atoms with Crippen LogP contribution in [0.2, 0.25) is 0 Å². The van der Waals surface area contributed by atoms with E-state index in [0.29, 0.717) is 5.52 Å². The van der Waals surface area contributed by atoms with Crippen LogP contribution in [0.5, 0.6) is 0 Å². The van der Waals surface area contributed by atoms with Gasteiger partial charge in [0.25, 0.3) is 0 Å². The highest BCUT2D eigenvalue weighted by Gasteiger charge is 2.03. The highest BCUT2D eigenvalue weighted by Crippen LogP contribution is 2.12. The molecule has 0 atom stereocenters. The minimum absolute atomic E-state index is 0.268. The van der Waals surface area contributed by atoms with Gasteiger partial charge in [-0.05, 0) is 18.6 Å². The number of hydrogen-bond acceptors (Lipinski definition) is 2. The molecule has 0 radical (unpaired) electrons. The van der Waals surface area contributed by atoms with Crippen molar-refractivity contribution in [2.75, 3.05) is 0 Å². The fourth-order valence-electron chi connectivity index (χ4n) is 1.32. The van der Waals surface area contributed by atoms with E-state index in [-0.39, 0.29) is 5.82 Å². The van der Waals surface area contributed by atoms with E-state index in [9.17, 15) is 4.39 Å². The molecule has 1 aromatic carbocycles. The number of benzene rings is 1. The van der Waals surface area contributed by atoms with Gasteiger partial charge in [0, 0.05) is 12.6 Å². The van der Waals surface area contributed by atoms with Crippen LogP contribution < -0.4 is 0 Å². The minimum Gasteiger partial charge on any atom is -0.245 e. The molecule has 0 saturated heterocycles. The molecule has 0 fully saturated rings. The van der Waals surface area contributed by atoms with E-state index in [1.807, 2.05) is 0 Å². The highest BCUT2D eigenvalue weighted by molar-refractivity contribution is 5.73. The van der Waals surface area contributed by atoms with Crippen LogP contribution >= 0.6 is 0 Å². The Bertz CT molecular complexity index is 422. The lowest BCUT2D eigenvalue weighted by molar-refractivity contribution is 0.595. The molecule has 4 heteroatoms. The van der Waals surface area contributed by atoms with Gasteiger partial charge in [0.15, 0.2) is 0 Å². The van der Waals surface area contributed by atoms with Crippen molar-refractivity contribution >= 4 is 11.0 Å². The molecule has 13 heavy (non-hydrogen) atoms. The predicted octanol–water partition coefficient (Wildman–Crippen LogP) is 1.98. The minimum atomic E-state index is -0.268. The molecule has 68 valence electrons. The first kappa shape index (κ1) is 8.16. The number of halogens is 1. The van der Waals surface area contributed by atoms with Crippen molar-refractivity contribution in [2.45, 2.75) is 19.9 Å². The lowest BCUT2D eigenvalue weighted by Gasteiger charge is -1.97. The van der Waals surface area contributed by atoms with Gasteiger partial charge in [0.1, 0.15) is 11.3 Å². The predicted molar refractivity (Wildman–Crippen MR) is 47.8 cm³/mol. The number of aromatic nitrogens is 3. The summed E-state index contributed by atoms with van der Waals surface area (Å²) in [5, 5.41) is 7.80. The van der Waals surface area contributed by atoms with E-state index in [1.54, 1.807) is 10.7 Å². The second-order valence-corrected chi connectivity index (χ2v) is 2.95. The van der Waals surface area contributed by atoms with E-state index in [1.165, 1.54) is 12.1 Å². The molecule has 0 aliphatic rings. The monoisotopic (exact) mass is 179 g/mol. The Morgan fingerprint density at radius 1 is 1.46 bits per heavy atom. The Morgan fingerprint density at radius 3 is 3.08 bits per heavy atom. The first-order valence-corrected chi connectivity index (χ1v) is 4.30. The second-order valence-electron chi connectivity index (χ2n) is 2.95. The molecule has 0 amide bonds. The summed E-state index contributed by atoms with van der Waals surface area (Å²) in [6.45, 7) is 2.89. The van der Waals surface area contributed by atoms with E-state index in [2.05, 4.69) is 17.2 Å². The zero-order chi connectivity index (χ0) is 9.26. The summed E-state index contributed by atoms with van der Waals surface area (Å²) in [5.41, 5.74) is 1.51. The van der Waals surface area contributed by atoms with Crippen molar-refractivity contribution in [1.29, 1.82) is 0 Å². The summed E-state index contributed by atoms with van der Waals surface area (Å²) in [5.74, 6) is -0.268. The fourth-order valence-corrected chi connectivity index (χ4v) is 1.32. The molecule has 2 rings (SSSR count). The molecule has 0 saturated carbocycles. The average molecular weight is 179 g/mol. The molecule has 0 N–H and O–H groups in total. The van der Waals surface area contributed by atoms with Crippen molar-refractivity contribution in [2.24, 2.45) is 0 Å². The van der Waals surface area contributed by atoms with Gasteiger partial charge in [-0.1, -0.05) is 12.1 Å². The van der Waals surface area contributed by atoms with Gasteiger partial charge < -0.3 is 0 Å². The summed E-state index contributed by atoms with van der Waals surface area (Å²) in [6, 6.07) is 4.53. The van der Waals surface area contributed by atoms with Gasteiger partial charge in [-0.25, -0.2) is 9.07 Å². The van der Waals surface area contributed by atoms with Gasteiger partial charge in [0.05, 0.1) is 5.52 Å². The summed E-state index contributed by atoms with van der Waals surface area (Å²) in [7, 11) is 0. The van der Waals surface area contributed by atoms with Crippen LogP contribution in [-0.2, 0) is 6.54 Å². The van der Waals surface area contributed by atoms with Gasteiger partial charge in [-0.3, -0.25) is 0 Å². The van der Waals surface area contributed by atoms with Crippen molar-refractivity contribution in [3.8, 4) is 0 Å². The molecule has 2 aromatic rings. The number of fused-ring (bicyclic) bond motifs is 1. The standard InChI is InChI=1S/C9H10FN3/c1-2-5-13-9-4-3-7(10)6-8(9)11-12-13/h3-4,6H,2,5H2,1H3. The molecular formula is C9H10FN3. The van der Waals surface area contributed by atoms with Crippen molar-refractivity contribution in [3.05, 3.63) is 24.0 Å². The third-order valence-corrected chi connectivity index (χ3v) is 1.91. The maximum atomic E-state index is 12.8. The summed E-state index contributed by atoms with van der Waals surface area (Å²) in [4.78, 5) is 0. The van der Waals surface area contributed by atoms with Crippen molar-refractivity contribution in [3.63, 3.8) is 0 Å². The highest BCUT2D eigenvalue weighted by atomic mass is 19.1. The molecule has 1 heterocycles. The third-order valence-electron chi connectivity index (χ3n) is 1.91. The zero-order valence-electron chi connectivity index (χ0n) is 7.37. The van der Waals surface area contributed by atoms with Crippen LogP contribution in [0.3, 0.4) is 0 Å². The second kappa shape index (κ2) is 3.12. The number of hydrogen-bond donors (Lipinski definition) is 0. The lowest BCUT2D eigenvalue weighted by atomic mass is 10.3. The summed E-state index contributed by atoms with van der Waals surface area (Å²) < 4.78 is 14.5.